The van der Waals surface area contributed by atoms with Crippen LogP contribution >= 0.6 is 27.5 Å². The highest BCUT2D eigenvalue weighted by Gasteiger charge is 2.06. The van der Waals surface area contributed by atoms with Gasteiger partial charge in [-0.1, -0.05) is 17.7 Å². The first-order chi connectivity index (χ1) is 8.06. The fourth-order valence-electron chi connectivity index (χ4n) is 1.40. The summed E-state index contributed by atoms with van der Waals surface area (Å²) in [5, 5.41) is 0.650. The smallest absolute Gasteiger partial charge is 0.141 e. The maximum atomic E-state index is 5.94. The van der Waals surface area contributed by atoms with Crippen molar-refractivity contribution in [3.05, 3.63) is 51.5 Å². The number of halogens is 2. The molecule has 0 unspecified atom stereocenters. The Hall–Kier alpha value is -1.19. The van der Waals surface area contributed by atoms with E-state index in [9.17, 15) is 0 Å². The lowest BCUT2D eigenvalue weighted by Gasteiger charge is -2.10. The Balaban J connectivity index is 2.34. The molecule has 2 N–H and O–H groups in total. The van der Waals surface area contributed by atoms with Gasteiger partial charge in [-0.25, -0.2) is 0 Å². The molecule has 17 heavy (non-hydrogen) atoms. The molecule has 0 fully saturated rings. The van der Waals surface area contributed by atoms with Crippen molar-refractivity contribution in [3.63, 3.8) is 0 Å². The quantitative estimate of drug-likeness (QED) is 0.810. The number of ether oxygens (including phenoxy) is 1. The van der Waals surface area contributed by atoms with Crippen LogP contribution in [0.5, 0.6) is 11.5 Å². The van der Waals surface area contributed by atoms with Crippen LogP contribution in [0.4, 0.5) is 5.69 Å². The van der Waals surface area contributed by atoms with E-state index in [0.717, 1.165) is 15.8 Å². The lowest BCUT2D eigenvalue weighted by Crippen LogP contribution is -1.90. The maximum Gasteiger partial charge on any atom is 0.141 e. The van der Waals surface area contributed by atoms with E-state index in [1.165, 1.54) is 0 Å². The number of anilines is 1. The van der Waals surface area contributed by atoms with Gasteiger partial charge in [-0.2, -0.15) is 0 Å². The topological polar surface area (TPSA) is 35.2 Å². The molecule has 0 bridgehead atoms. The minimum Gasteiger partial charge on any atom is -0.456 e. The van der Waals surface area contributed by atoms with Crippen molar-refractivity contribution in [3.8, 4) is 11.5 Å². The number of nitrogens with two attached hydrogens (primary N) is 1. The highest BCUT2D eigenvalue weighted by Crippen LogP contribution is 2.33. The predicted molar refractivity (Wildman–Crippen MR) is 74.8 cm³/mol. The van der Waals surface area contributed by atoms with E-state index >= 15 is 0 Å². The first kappa shape index (κ1) is 12.3. The van der Waals surface area contributed by atoms with Gasteiger partial charge in [-0.05, 0) is 58.7 Å². The van der Waals surface area contributed by atoms with Gasteiger partial charge < -0.3 is 10.5 Å². The molecule has 2 nitrogen and oxygen atoms in total. The maximum absolute atomic E-state index is 5.94. The van der Waals surface area contributed by atoms with Crippen molar-refractivity contribution in [1.82, 2.24) is 0 Å². The Kier molecular flexibility index (Phi) is 3.60. The fraction of sp³-hybridized carbons (Fsp3) is 0.0769. The summed E-state index contributed by atoms with van der Waals surface area (Å²) >= 11 is 9.35. The van der Waals surface area contributed by atoms with Crippen molar-refractivity contribution in [2.75, 3.05) is 5.73 Å². The largest absolute Gasteiger partial charge is 0.456 e. The molecule has 0 saturated carbocycles. The van der Waals surface area contributed by atoms with Gasteiger partial charge >= 0.3 is 0 Å². The molecule has 2 aromatic carbocycles. The van der Waals surface area contributed by atoms with E-state index in [-0.39, 0.29) is 0 Å². The molecule has 0 spiro atoms. The number of hydrogen-bond donors (Lipinski definition) is 1. The van der Waals surface area contributed by atoms with Gasteiger partial charge in [0.05, 0.1) is 4.47 Å². The normalized spacial score (nSPS) is 10.3. The van der Waals surface area contributed by atoms with Gasteiger partial charge in [0.1, 0.15) is 11.5 Å². The van der Waals surface area contributed by atoms with Crippen molar-refractivity contribution >= 4 is 33.2 Å². The second-order valence-electron chi connectivity index (χ2n) is 3.70. The number of hydrogen-bond acceptors (Lipinski definition) is 2. The van der Waals surface area contributed by atoms with Gasteiger partial charge in [0.15, 0.2) is 0 Å². The Labute approximate surface area is 113 Å². The molecule has 2 rings (SSSR count). The minimum atomic E-state index is 0.650. The number of benzene rings is 2. The Bertz CT molecular complexity index is 557. The SMILES string of the molecule is Cc1ccc(Cl)cc1Oc1ccc(N)cc1Br. The second-order valence-corrected chi connectivity index (χ2v) is 4.99. The molecule has 0 aromatic heterocycles. The summed E-state index contributed by atoms with van der Waals surface area (Å²) < 4.78 is 6.61. The van der Waals surface area contributed by atoms with Crippen LogP contribution in [0.1, 0.15) is 5.56 Å². The summed E-state index contributed by atoms with van der Waals surface area (Å²) in [6, 6.07) is 11.0. The molecule has 0 saturated heterocycles. The zero-order valence-electron chi connectivity index (χ0n) is 9.21. The van der Waals surface area contributed by atoms with E-state index in [0.29, 0.717) is 16.5 Å². The van der Waals surface area contributed by atoms with Crippen molar-refractivity contribution in [1.29, 1.82) is 0 Å². The third kappa shape index (κ3) is 2.93. The highest BCUT2D eigenvalue weighted by atomic mass is 79.9. The molecule has 0 aliphatic heterocycles. The molecule has 0 atom stereocenters. The first-order valence-corrected chi connectivity index (χ1v) is 6.22. The zero-order chi connectivity index (χ0) is 12.4. The second kappa shape index (κ2) is 4.98. The Morgan fingerprint density at radius 2 is 1.88 bits per heavy atom. The van der Waals surface area contributed by atoms with E-state index in [1.54, 1.807) is 18.2 Å². The molecule has 0 radical (unpaired) electrons. The molecule has 0 amide bonds. The van der Waals surface area contributed by atoms with Crippen LogP contribution in [0.2, 0.25) is 5.02 Å². The molecular weight excluding hydrogens is 302 g/mol. The Morgan fingerprint density at radius 3 is 2.59 bits per heavy atom. The van der Waals surface area contributed by atoms with Crippen LogP contribution in [0.25, 0.3) is 0 Å². The van der Waals surface area contributed by atoms with E-state index in [1.807, 2.05) is 25.1 Å². The average Bonchev–Trinajstić information content (AvgIpc) is 2.27. The summed E-state index contributed by atoms with van der Waals surface area (Å²) in [6.07, 6.45) is 0. The highest BCUT2D eigenvalue weighted by molar-refractivity contribution is 9.10. The zero-order valence-corrected chi connectivity index (χ0v) is 11.5. The molecule has 0 aliphatic carbocycles. The molecule has 0 heterocycles. The summed E-state index contributed by atoms with van der Waals surface area (Å²) in [5.41, 5.74) is 7.38. The fourth-order valence-corrected chi connectivity index (χ4v) is 2.04. The number of nitrogen functional groups attached to an aromatic ring is 1. The van der Waals surface area contributed by atoms with E-state index < -0.39 is 0 Å². The summed E-state index contributed by atoms with van der Waals surface area (Å²) in [5.74, 6) is 1.45. The van der Waals surface area contributed by atoms with Crippen LogP contribution in [0.15, 0.2) is 40.9 Å². The van der Waals surface area contributed by atoms with Crippen molar-refractivity contribution < 1.29 is 4.74 Å². The van der Waals surface area contributed by atoms with Crippen LogP contribution < -0.4 is 10.5 Å². The lowest BCUT2D eigenvalue weighted by atomic mass is 10.2. The number of aryl methyl sites for hydroxylation is 1. The van der Waals surface area contributed by atoms with Gasteiger partial charge in [-0.15, -0.1) is 0 Å². The van der Waals surface area contributed by atoms with Gasteiger partial charge in [0.2, 0.25) is 0 Å². The predicted octanol–water partition coefficient (Wildman–Crippen LogP) is 4.79. The van der Waals surface area contributed by atoms with Crippen LogP contribution in [0, 0.1) is 6.92 Å². The third-order valence-corrected chi connectivity index (χ3v) is 3.18. The van der Waals surface area contributed by atoms with Crippen LogP contribution in [-0.4, -0.2) is 0 Å². The number of rotatable bonds is 2. The monoisotopic (exact) mass is 311 g/mol. The molecular formula is C13H11BrClNO. The summed E-state index contributed by atoms with van der Waals surface area (Å²) in [7, 11) is 0. The average molecular weight is 313 g/mol. The molecule has 2 aromatic rings. The van der Waals surface area contributed by atoms with Crippen LogP contribution in [0.3, 0.4) is 0 Å². The van der Waals surface area contributed by atoms with E-state index in [2.05, 4.69) is 15.9 Å². The van der Waals surface area contributed by atoms with Gasteiger partial charge in [0.25, 0.3) is 0 Å². The summed E-state index contributed by atoms with van der Waals surface area (Å²) in [6.45, 7) is 1.97. The Morgan fingerprint density at radius 1 is 1.12 bits per heavy atom. The third-order valence-electron chi connectivity index (χ3n) is 2.33. The van der Waals surface area contributed by atoms with Crippen LogP contribution in [-0.2, 0) is 0 Å². The van der Waals surface area contributed by atoms with Crippen molar-refractivity contribution in [2.45, 2.75) is 6.92 Å². The summed E-state index contributed by atoms with van der Waals surface area (Å²) in [4.78, 5) is 0. The van der Waals surface area contributed by atoms with Gasteiger partial charge in [-0.3, -0.25) is 0 Å². The standard InChI is InChI=1S/C13H11BrClNO/c1-8-2-3-9(15)6-13(8)17-12-5-4-10(16)7-11(12)14/h2-7H,16H2,1H3. The first-order valence-electron chi connectivity index (χ1n) is 5.05. The van der Waals surface area contributed by atoms with Gasteiger partial charge in [0, 0.05) is 10.7 Å². The molecule has 88 valence electrons. The lowest BCUT2D eigenvalue weighted by molar-refractivity contribution is 0.476. The molecule has 0 aliphatic rings. The van der Waals surface area contributed by atoms with E-state index in [4.69, 9.17) is 22.1 Å². The van der Waals surface area contributed by atoms with Crippen molar-refractivity contribution in [2.24, 2.45) is 0 Å². The minimum absolute atomic E-state index is 0.650. The molecule has 4 heteroatoms.